The van der Waals surface area contributed by atoms with Crippen LogP contribution in [0.15, 0.2) is 10.4 Å². The highest BCUT2D eigenvalue weighted by molar-refractivity contribution is 3.99. The highest BCUT2D eigenvalue weighted by Crippen LogP contribution is 1.71. The first kappa shape index (κ1) is 5.40. The molecule has 3 nitrogen and oxygen atoms in total. The number of hydrogen-bond donors (Lipinski definition) is 0. The zero-order chi connectivity index (χ0) is 4.83. The summed E-state index contributed by atoms with van der Waals surface area (Å²) in [5, 5.41) is 6.54. The predicted molar refractivity (Wildman–Crippen MR) is 22.4 cm³/mol. The topological polar surface area (TPSA) is 34.0 Å². The number of nitrogens with zero attached hydrogens (tertiary/aromatic N) is 2. The van der Waals surface area contributed by atoms with Crippen molar-refractivity contribution in [3.05, 3.63) is 0 Å². The minimum absolute atomic E-state index is 0.595. The van der Waals surface area contributed by atoms with E-state index in [1.54, 1.807) is 7.05 Å². The summed E-state index contributed by atoms with van der Waals surface area (Å²) < 4.78 is 0. The smallest absolute Gasteiger partial charge is 0.116 e. The lowest BCUT2D eigenvalue weighted by atomic mass is 10.9. The van der Waals surface area contributed by atoms with Crippen LogP contribution in [0.1, 0.15) is 6.92 Å². The van der Waals surface area contributed by atoms with Crippen molar-refractivity contribution in [3.8, 4) is 0 Å². The van der Waals surface area contributed by atoms with Crippen LogP contribution in [0.2, 0.25) is 0 Å². The molecule has 6 heavy (non-hydrogen) atoms. The van der Waals surface area contributed by atoms with Gasteiger partial charge in [-0.3, -0.25) is 0 Å². The summed E-state index contributed by atoms with van der Waals surface area (Å²) in [6.07, 6.45) is 0. The molecular weight excluding hydrogens is 80.0 g/mol. The summed E-state index contributed by atoms with van der Waals surface area (Å²) in [6.45, 7) is 2.45. The van der Waals surface area contributed by atoms with Gasteiger partial charge >= 0.3 is 0 Å². The molecule has 0 aliphatic heterocycles. The quantitative estimate of drug-likeness (QED) is 0.366. The Hall–Kier alpha value is -0.600. The third-order valence-electron chi connectivity index (χ3n) is 0.268. The van der Waals surface area contributed by atoms with Crippen LogP contribution < -0.4 is 0 Å². The van der Waals surface area contributed by atoms with Crippen LogP contribution in [0, 0.1) is 0 Å². The molecule has 0 unspecified atom stereocenters. The Balaban J connectivity index is 2.66. The van der Waals surface area contributed by atoms with Crippen molar-refractivity contribution in [2.24, 2.45) is 10.4 Å². The van der Waals surface area contributed by atoms with E-state index in [1.165, 1.54) is 0 Å². The monoisotopic (exact) mass is 88.1 g/mol. The summed E-state index contributed by atoms with van der Waals surface area (Å²) in [5.41, 5.74) is 0. The molecule has 0 fully saturated rings. The van der Waals surface area contributed by atoms with E-state index in [9.17, 15) is 0 Å². The largest absolute Gasteiger partial charge is 0.380 e. The maximum absolute atomic E-state index is 4.44. The molecule has 3 heteroatoms. The highest BCUT2D eigenvalue weighted by Gasteiger charge is 1.62. The van der Waals surface area contributed by atoms with Crippen molar-refractivity contribution in [1.29, 1.82) is 0 Å². The van der Waals surface area contributed by atoms with Crippen LogP contribution >= 0.6 is 0 Å². The predicted octanol–water partition coefficient (Wildman–Crippen LogP) is 1.02. The summed E-state index contributed by atoms with van der Waals surface area (Å²) in [6, 6.07) is 0. The lowest BCUT2D eigenvalue weighted by Gasteiger charge is -1.82. The molecule has 0 N–H and O–H groups in total. The molecule has 0 rings (SSSR count). The molecule has 0 radical (unpaired) electrons. The Kier molecular flexibility index (Phi) is 3.96. The minimum atomic E-state index is 0.595. The number of rotatable bonds is 2. The average Bonchev–Trinajstić information content (AvgIpc) is 1.61. The van der Waals surface area contributed by atoms with Gasteiger partial charge < -0.3 is 4.84 Å². The summed E-state index contributed by atoms with van der Waals surface area (Å²) >= 11 is 0. The normalized spacial score (nSPS) is 9.67. The Morgan fingerprint density at radius 3 is 2.50 bits per heavy atom. The van der Waals surface area contributed by atoms with E-state index in [0.29, 0.717) is 6.61 Å². The SMILES string of the molecule is CCO/N=N\C. The summed E-state index contributed by atoms with van der Waals surface area (Å²) in [7, 11) is 1.57. The average molecular weight is 88.1 g/mol. The van der Waals surface area contributed by atoms with Gasteiger partial charge in [-0.25, -0.2) is 0 Å². The van der Waals surface area contributed by atoms with E-state index in [4.69, 9.17) is 0 Å². The summed E-state index contributed by atoms with van der Waals surface area (Å²) in [5.74, 6) is 0. The van der Waals surface area contributed by atoms with E-state index >= 15 is 0 Å². The first-order valence-corrected chi connectivity index (χ1v) is 1.83. The minimum Gasteiger partial charge on any atom is -0.380 e. The fraction of sp³-hybridized carbons (Fsp3) is 1.00. The maximum Gasteiger partial charge on any atom is 0.116 e. The first-order chi connectivity index (χ1) is 2.91. The zero-order valence-corrected chi connectivity index (χ0v) is 4.01. The van der Waals surface area contributed by atoms with Crippen molar-refractivity contribution < 1.29 is 4.84 Å². The lowest BCUT2D eigenvalue weighted by Crippen LogP contribution is -1.73. The molecule has 0 spiro atoms. The first-order valence-electron chi connectivity index (χ1n) is 1.83. The molecule has 0 aliphatic carbocycles. The van der Waals surface area contributed by atoms with Crippen LogP contribution in [-0.2, 0) is 4.84 Å². The van der Waals surface area contributed by atoms with Crippen molar-refractivity contribution in [2.45, 2.75) is 6.92 Å². The van der Waals surface area contributed by atoms with Crippen LogP contribution in [0.25, 0.3) is 0 Å². The van der Waals surface area contributed by atoms with E-state index in [2.05, 4.69) is 15.2 Å². The lowest BCUT2D eigenvalue weighted by molar-refractivity contribution is 0.137. The third-order valence-corrected chi connectivity index (χ3v) is 0.268. The molecular formula is C3H8N2O. The fourth-order valence-corrected chi connectivity index (χ4v) is 0.115. The second-order valence-corrected chi connectivity index (χ2v) is 0.699. The molecule has 0 aliphatic rings. The van der Waals surface area contributed by atoms with Crippen molar-refractivity contribution in [3.63, 3.8) is 0 Å². The number of hydrogen-bond acceptors (Lipinski definition) is 3. The van der Waals surface area contributed by atoms with E-state index < -0.39 is 0 Å². The van der Waals surface area contributed by atoms with Gasteiger partial charge in [0.25, 0.3) is 0 Å². The maximum atomic E-state index is 4.44. The molecule has 0 aromatic heterocycles. The fourth-order valence-electron chi connectivity index (χ4n) is 0.115. The molecule has 0 aromatic rings. The van der Waals surface area contributed by atoms with Gasteiger partial charge in [-0.2, -0.15) is 5.11 Å². The van der Waals surface area contributed by atoms with Crippen molar-refractivity contribution >= 4 is 0 Å². The van der Waals surface area contributed by atoms with Gasteiger partial charge in [0.15, 0.2) is 0 Å². The van der Waals surface area contributed by atoms with E-state index in [1.807, 2.05) is 6.92 Å². The van der Waals surface area contributed by atoms with Crippen molar-refractivity contribution in [1.82, 2.24) is 0 Å². The molecule has 0 aromatic carbocycles. The molecule has 0 amide bonds. The Labute approximate surface area is 37.0 Å². The van der Waals surface area contributed by atoms with Gasteiger partial charge in [-0.15, -0.1) is 0 Å². The molecule has 0 bridgehead atoms. The second-order valence-electron chi connectivity index (χ2n) is 0.699. The van der Waals surface area contributed by atoms with Gasteiger partial charge in [-0.05, 0) is 6.92 Å². The molecule has 0 heterocycles. The van der Waals surface area contributed by atoms with Crippen molar-refractivity contribution in [2.75, 3.05) is 13.7 Å². The standard InChI is InChI=1S/C3H8N2O/c1-3-6-5-4-2/h3H2,1-2H3/b5-4-. The van der Waals surface area contributed by atoms with E-state index in [-0.39, 0.29) is 0 Å². The Bertz CT molecular complexity index is 44.1. The van der Waals surface area contributed by atoms with Crippen LogP contribution in [0.4, 0.5) is 0 Å². The summed E-state index contributed by atoms with van der Waals surface area (Å²) in [4.78, 5) is 4.44. The molecule has 36 valence electrons. The van der Waals surface area contributed by atoms with Gasteiger partial charge in [-0.1, -0.05) is 0 Å². The van der Waals surface area contributed by atoms with E-state index in [0.717, 1.165) is 0 Å². The van der Waals surface area contributed by atoms with Gasteiger partial charge in [0.1, 0.15) is 6.61 Å². The molecule has 0 atom stereocenters. The van der Waals surface area contributed by atoms with Gasteiger partial charge in [0, 0.05) is 5.28 Å². The zero-order valence-electron chi connectivity index (χ0n) is 4.01. The highest BCUT2D eigenvalue weighted by atomic mass is 16.6. The Morgan fingerprint density at radius 1 is 1.67 bits per heavy atom. The van der Waals surface area contributed by atoms with Gasteiger partial charge in [0.2, 0.25) is 0 Å². The second kappa shape index (κ2) is 4.40. The van der Waals surface area contributed by atoms with Gasteiger partial charge in [0.05, 0.1) is 7.05 Å². The van der Waals surface area contributed by atoms with Crippen LogP contribution in [0.5, 0.6) is 0 Å². The van der Waals surface area contributed by atoms with Crippen LogP contribution in [0.3, 0.4) is 0 Å². The molecule has 0 saturated heterocycles. The third kappa shape index (κ3) is 3.40. The van der Waals surface area contributed by atoms with Crippen LogP contribution in [-0.4, -0.2) is 13.7 Å². The Morgan fingerprint density at radius 2 is 2.33 bits per heavy atom. The molecule has 0 saturated carbocycles.